The van der Waals surface area contributed by atoms with Gasteiger partial charge in [0.1, 0.15) is 0 Å². The van der Waals surface area contributed by atoms with Crippen LogP contribution in [0.5, 0.6) is 0 Å². The largest absolute Gasteiger partial charge is 0.347 e. The highest BCUT2D eigenvalue weighted by Crippen LogP contribution is 2.22. The summed E-state index contributed by atoms with van der Waals surface area (Å²) in [5, 5.41) is 5.55. The van der Waals surface area contributed by atoms with E-state index >= 15 is 0 Å². The molecule has 2 unspecified atom stereocenters. The van der Waals surface area contributed by atoms with Gasteiger partial charge < -0.3 is 16.4 Å². The van der Waals surface area contributed by atoms with E-state index < -0.39 is 12.0 Å². The Bertz CT molecular complexity index is 770. The van der Waals surface area contributed by atoms with E-state index in [9.17, 15) is 9.59 Å². The molecule has 0 saturated heterocycles. The van der Waals surface area contributed by atoms with Crippen molar-refractivity contribution in [3.63, 3.8) is 0 Å². The van der Waals surface area contributed by atoms with Crippen LogP contribution < -0.4 is 16.4 Å². The zero-order valence-corrected chi connectivity index (χ0v) is 17.0. The number of anilines is 1. The molecule has 146 valence electrons. The van der Waals surface area contributed by atoms with Gasteiger partial charge in [-0.05, 0) is 37.5 Å². The maximum Gasteiger partial charge on any atom is 0.243 e. The maximum absolute atomic E-state index is 12.3. The third-order valence-corrected chi connectivity index (χ3v) is 4.50. The van der Waals surface area contributed by atoms with Gasteiger partial charge >= 0.3 is 0 Å². The van der Waals surface area contributed by atoms with Crippen LogP contribution in [0.4, 0.5) is 5.69 Å². The van der Waals surface area contributed by atoms with Crippen molar-refractivity contribution in [2.75, 3.05) is 11.9 Å². The molecule has 2 amide bonds. The molecule has 27 heavy (non-hydrogen) atoms. The summed E-state index contributed by atoms with van der Waals surface area (Å²) >= 11 is 0. The molecule has 2 aromatic carbocycles. The van der Waals surface area contributed by atoms with Crippen LogP contribution >= 0.6 is 12.4 Å². The standard InChI is InChI=1S/C21H27N3O2.ClH/c1-13-10-14(2)20(15(3)11-13)24-18(25)12-23-21(26)16(4)19(22)17-8-6-5-7-9-17;/h5-11,16,19H,12,22H2,1-4H3,(H,23,26)(H,24,25);1H. The Labute approximate surface area is 167 Å². The molecular weight excluding hydrogens is 362 g/mol. The van der Waals surface area contributed by atoms with Gasteiger partial charge in [-0.15, -0.1) is 12.4 Å². The molecule has 0 saturated carbocycles. The molecule has 6 heteroatoms. The van der Waals surface area contributed by atoms with E-state index in [1.54, 1.807) is 6.92 Å². The fourth-order valence-corrected chi connectivity index (χ4v) is 3.02. The Balaban J connectivity index is 0.00000364. The van der Waals surface area contributed by atoms with Gasteiger partial charge in [0.25, 0.3) is 0 Å². The zero-order valence-electron chi connectivity index (χ0n) is 16.2. The predicted molar refractivity (Wildman–Crippen MR) is 112 cm³/mol. The SMILES string of the molecule is Cc1cc(C)c(NC(=O)CNC(=O)C(C)C(N)c2ccccc2)c(C)c1.Cl. The number of nitrogens with one attached hydrogen (secondary N) is 2. The zero-order chi connectivity index (χ0) is 19.3. The second-order valence-corrected chi connectivity index (χ2v) is 6.76. The van der Waals surface area contributed by atoms with E-state index in [1.165, 1.54) is 0 Å². The van der Waals surface area contributed by atoms with Crippen LogP contribution in [0.15, 0.2) is 42.5 Å². The number of rotatable bonds is 6. The minimum absolute atomic E-state index is 0. The van der Waals surface area contributed by atoms with E-state index in [-0.39, 0.29) is 30.8 Å². The summed E-state index contributed by atoms with van der Waals surface area (Å²) < 4.78 is 0. The van der Waals surface area contributed by atoms with E-state index in [2.05, 4.69) is 10.6 Å². The summed E-state index contributed by atoms with van der Waals surface area (Å²) in [4.78, 5) is 24.5. The molecule has 2 rings (SSSR count). The normalized spacial score (nSPS) is 12.5. The quantitative estimate of drug-likeness (QED) is 0.707. The fraction of sp³-hybridized carbons (Fsp3) is 0.333. The molecule has 0 bridgehead atoms. The minimum Gasteiger partial charge on any atom is -0.347 e. The van der Waals surface area contributed by atoms with Crippen molar-refractivity contribution in [2.24, 2.45) is 11.7 Å². The van der Waals surface area contributed by atoms with Crippen LogP contribution in [0.3, 0.4) is 0 Å². The van der Waals surface area contributed by atoms with Gasteiger partial charge in [0.15, 0.2) is 0 Å². The highest BCUT2D eigenvalue weighted by molar-refractivity contribution is 5.96. The van der Waals surface area contributed by atoms with Crippen LogP contribution in [0.2, 0.25) is 0 Å². The van der Waals surface area contributed by atoms with Crippen LogP contribution in [-0.4, -0.2) is 18.4 Å². The lowest BCUT2D eigenvalue weighted by Crippen LogP contribution is -2.39. The Morgan fingerprint density at radius 1 is 1.04 bits per heavy atom. The van der Waals surface area contributed by atoms with Crippen molar-refractivity contribution >= 4 is 29.9 Å². The molecule has 2 atom stereocenters. The molecule has 2 aromatic rings. The summed E-state index contributed by atoms with van der Waals surface area (Å²) in [7, 11) is 0. The van der Waals surface area contributed by atoms with E-state index in [0.717, 1.165) is 27.9 Å². The van der Waals surface area contributed by atoms with Gasteiger partial charge in [-0.1, -0.05) is 55.0 Å². The molecule has 0 heterocycles. The second kappa shape index (κ2) is 10.1. The van der Waals surface area contributed by atoms with Crippen LogP contribution in [-0.2, 0) is 9.59 Å². The van der Waals surface area contributed by atoms with Gasteiger partial charge in [-0.3, -0.25) is 9.59 Å². The Morgan fingerprint density at radius 3 is 2.15 bits per heavy atom. The molecule has 0 radical (unpaired) electrons. The first-order valence-electron chi connectivity index (χ1n) is 8.75. The second-order valence-electron chi connectivity index (χ2n) is 6.76. The molecule has 4 N–H and O–H groups in total. The Morgan fingerprint density at radius 2 is 1.59 bits per heavy atom. The maximum atomic E-state index is 12.3. The van der Waals surface area contributed by atoms with Crippen molar-refractivity contribution in [1.82, 2.24) is 5.32 Å². The molecule has 0 aromatic heterocycles. The average Bonchev–Trinajstić information content (AvgIpc) is 2.62. The molecular formula is C21H28ClN3O2. The minimum atomic E-state index is -0.437. The van der Waals surface area contributed by atoms with Crippen LogP contribution in [0.25, 0.3) is 0 Å². The van der Waals surface area contributed by atoms with Crippen molar-refractivity contribution in [2.45, 2.75) is 33.7 Å². The van der Waals surface area contributed by atoms with Gasteiger partial charge in [0.2, 0.25) is 11.8 Å². The van der Waals surface area contributed by atoms with Gasteiger partial charge in [-0.2, -0.15) is 0 Å². The van der Waals surface area contributed by atoms with Crippen LogP contribution in [0, 0.1) is 26.7 Å². The number of nitrogens with two attached hydrogens (primary N) is 1. The first-order chi connectivity index (χ1) is 12.3. The van der Waals surface area contributed by atoms with Gasteiger partial charge in [0, 0.05) is 11.7 Å². The number of hydrogen-bond donors (Lipinski definition) is 3. The van der Waals surface area contributed by atoms with E-state index in [1.807, 2.05) is 63.2 Å². The molecule has 0 aliphatic carbocycles. The summed E-state index contributed by atoms with van der Waals surface area (Å²) in [6.07, 6.45) is 0. The van der Waals surface area contributed by atoms with Gasteiger partial charge in [-0.25, -0.2) is 0 Å². The third-order valence-electron chi connectivity index (χ3n) is 4.50. The van der Waals surface area contributed by atoms with Gasteiger partial charge in [0.05, 0.1) is 12.5 Å². The number of carbonyl (C=O) groups is 2. The van der Waals surface area contributed by atoms with Crippen molar-refractivity contribution in [1.29, 1.82) is 0 Å². The fourth-order valence-electron chi connectivity index (χ4n) is 3.02. The highest BCUT2D eigenvalue weighted by atomic mass is 35.5. The first-order valence-corrected chi connectivity index (χ1v) is 8.75. The predicted octanol–water partition coefficient (Wildman–Crippen LogP) is 3.42. The summed E-state index contributed by atoms with van der Waals surface area (Å²) in [6.45, 7) is 7.60. The lowest BCUT2D eigenvalue weighted by molar-refractivity contribution is -0.127. The average molecular weight is 390 g/mol. The lowest BCUT2D eigenvalue weighted by atomic mass is 9.95. The number of carbonyl (C=O) groups excluding carboxylic acids is 2. The highest BCUT2D eigenvalue weighted by Gasteiger charge is 2.22. The van der Waals surface area contributed by atoms with Crippen molar-refractivity contribution < 1.29 is 9.59 Å². The first kappa shape index (κ1) is 22.7. The molecule has 0 aliphatic heterocycles. The van der Waals surface area contributed by atoms with E-state index in [4.69, 9.17) is 5.73 Å². The van der Waals surface area contributed by atoms with Crippen molar-refractivity contribution in [3.8, 4) is 0 Å². The third kappa shape index (κ3) is 6.08. The monoisotopic (exact) mass is 389 g/mol. The Hall–Kier alpha value is -2.37. The van der Waals surface area contributed by atoms with Crippen molar-refractivity contribution in [3.05, 3.63) is 64.7 Å². The lowest BCUT2D eigenvalue weighted by Gasteiger charge is -2.20. The molecule has 0 fully saturated rings. The molecule has 0 aliphatic rings. The summed E-state index contributed by atoms with van der Waals surface area (Å²) in [5.74, 6) is -0.934. The number of benzene rings is 2. The topological polar surface area (TPSA) is 84.2 Å². The smallest absolute Gasteiger partial charge is 0.243 e. The number of halogens is 1. The Kier molecular flexibility index (Phi) is 8.47. The summed E-state index contributed by atoms with van der Waals surface area (Å²) in [6, 6.07) is 13.1. The van der Waals surface area contributed by atoms with E-state index in [0.29, 0.717) is 0 Å². The van der Waals surface area contributed by atoms with Crippen LogP contribution in [0.1, 0.15) is 35.2 Å². The number of hydrogen-bond acceptors (Lipinski definition) is 3. The molecule has 0 spiro atoms. The molecule has 5 nitrogen and oxygen atoms in total. The number of aryl methyl sites for hydroxylation is 3. The number of amides is 2. The summed E-state index contributed by atoms with van der Waals surface area (Å²) in [5.41, 5.74) is 11.0.